The monoisotopic (exact) mass is 476 g/mol. The van der Waals surface area contributed by atoms with E-state index in [1.165, 1.54) is 33.3 Å². The topological polar surface area (TPSA) is 116 Å². The maximum absolute atomic E-state index is 13.0. The summed E-state index contributed by atoms with van der Waals surface area (Å²) in [5.41, 5.74) is 0.266. The number of anilines is 1. The van der Waals surface area contributed by atoms with Gasteiger partial charge in [-0.15, -0.1) is 0 Å². The molecule has 176 valence electrons. The van der Waals surface area contributed by atoms with Gasteiger partial charge in [-0.05, 0) is 50.6 Å². The third-order valence-electron chi connectivity index (χ3n) is 5.34. The lowest BCUT2D eigenvalue weighted by molar-refractivity contribution is 0.0938. The number of carbonyl (C=O) groups is 1. The van der Waals surface area contributed by atoms with Crippen LogP contribution in [0.1, 0.15) is 35.7 Å². The second-order valence-corrected chi connectivity index (χ2v) is 11.8. The average molecular weight is 477 g/mol. The number of likely N-dealkylation sites (tertiary alicyclic amines) is 1. The van der Waals surface area contributed by atoms with Gasteiger partial charge in [0.1, 0.15) is 5.75 Å². The molecule has 0 saturated carbocycles. The Bertz CT molecular complexity index is 1020. The predicted molar refractivity (Wildman–Crippen MR) is 120 cm³/mol. The maximum atomic E-state index is 13.0. The first-order chi connectivity index (χ1) is 14.3. The molecule has 10 nitrogen and oxygen atoms in total. The summed E-state index contributed by atoms with van der Waals surface area (Å²) < 4.78 is 56.8. The minimum absolute atomic E-state index is 0.0618. The van der Waals surface area contributed by atoms with Crippen molar-refractivity contribution < 1.29 is 26.4 Å². The summed E-state index contributed by atoms with van der Waals surface area (Å²) in [5, 5.41) is 2.88. The fourth-order valence-corrected chi connectivity index (χ4v) is 6.75. The number of sulfonamides is 1. The third kappa shape index (κ3) is 5.48. The van der Waals surface area contributed by atoms with Crippen molar-refractivity contribution in [1.82, 2.24) is 14.5 Å². The number of benzene rings is 1. The van der Waals surface area contributed by atoms with E-state index >= 15 is 0 Å². The molecule has 1 aromatic rings. The molecule has 1 aliphatic rings. The van der Waals surface area contributed by atoms with Gasteiger partial charge in [0.25, 0.3) is 5.91 Å². The second-order valence-electron chi connectivity index (χ2n) is 7.72. The fraction of sp³-hybridized carbons (Fsp3) is 0.632. The van der Waals surface area contributed by atoms with Crippen molar-refractivity contribution in [1.29, 1.82) is 0 Å². The van der Waals surface area contributed by atoms with Crippen molar-refractivity contribution in [2.24, 2.45) is 0 Å². The van der Waals surface area contributed by atoms with E-state index in [9.17, 15) is 21.6 Å². The van der Waals surface area contributed by atoms with Gasteiger partial charge in [-0.2, -0.15) is 16.4 Å². The molecular weight excluding hydrogens is 444 g/mol. The van der Waals surface area contributed by atoms with Crippen molar-refractivity contribution in [3.63, 3.8) is 0 Å². The third-order valence-corrected chi connectivity index (χ3v) is 9.05. The Labute approximate surface area is 185 Å². The Morgan fingerprint density at radius 2 is 1.90 bits per heavy atom. The largest absolute Gasteiger partial charge is 0.496 e. The molecule has 0 radical (unpaired) electrons. The van der Waals surface area contributed by atoms with E-state index in [2.05, 4.69) is 17.1 Å². The number of hydrogen-bond acceptors (Lipinski definition) is 7. The number of carbonyl (C=O) groups excluding carboxylic acids is 1. The zero-order valence-corrected chi connectivity index (χ0v) is 20.5. The van der Waals surface area contributed by atoms with E-state index in [-0.39, 0.29) is 23.0 Å². The normalized spacial score (nSPS) is 17.7. The number of amides is 1. The molecule has 1 N–H and O–H groups in total. The van der Waals surface area contributed by atoms with Gasteiger partial charge in [-0.3, -0.25) is 9.69 Å². The van der Waals surface area contributed by atoms with Crippen LogP contribution in [-0.2, 0) is 20.2 Å². The number of hydrogen-bond donors (Lipinski definition) is 1. The molecule has 1 saturated heterocycles. The van der Waals surface area contributed by atoms with Crippen LogP contribution in [0.3, 0.4) is 0 Å². The number of likely N-dealkylation sites (N-methyl/N-ethyl adjacent to an activating group) is 1. The highest BCUT2D eigenvalue weighted by molar-refractivity contribution is 8.08. The second kappa shape index (κ2) is 9.72. The lowest BCUT2D eigenvalue weighted by atomic mass is 10.1. The van der Waals surface area contributed by atoms with Crippen molar-refractivity contribution in [3.8, 4) is 5.75 Å². The molecule has 0 bridgehead atoms. The highest BCUT2D eigenvalue weighted by atomic mass is 32.3. The Hall–Kier alpha value is -1.89. The van der Waals surface area contributed by atoms with Crippen LogP contribution in [0.2, 0.25) is 0 Å². The lowest BCUT2D eigenvalue weighted by Gasteiger charge is -2.27. The van der Waals surface area contributed by atoms with Gasteiger partial charge in [-0.25, -0.2) is 8.42 Å². The Kier molecular flexibility index (Phi) is 7.95. The number of nitrogens with zero attached hydrogens (tertiary/aromatic N) is 3. The molecule has 1 fully saturated rings. The van der Waals surface area contributed by atoms with Gasteiger partial charge >= 0.3 is 10.2 Å². The number of rotatable bonds is 9. The van der Waals surface area contributed by atoms with Crippen LogP contribution in [0.15, 0.2) is 12.1 Å². The molecule has 0 aromatic heterocycles. The maximum Gasteiger partial charge on any atom is 0.316 e. The van der Waals surface area contributed by atoms with Crippen molar-refractivity contribution in [2.45, 2.75) is 32.7 Å². The number of nitrogens with one attached hydrogen (secondary N) is 1. The average Bonchev–Trinajstić information content (AvgIpc) is 3.13. The van der Waals surface area contributed by atoms with Gasteiger partial charge in [-0.1, -0.05) is 6.92 Å². The Balaban J connectivity index is 2.47. The zero-order chi connectivity index (χ0) is 23.6. The molecule has 2 rings (SSSR count). The van der Waals surface area contributed by atoms with E-state index in [1.54, 1.807) is 6.92 Å². The van der Waals surface area contributed by atoms with Gasteiger partial charge < -0.3 is 10.1 Å². The smallest absolute Gasteiger partial charge is 0.316 e. The van der Waals surface area contributed by atoms with E-state index in [0.717, 1.165) is 36.5 Å². The van der Waals surface area contributed by atoms with Crippen LogP contribution in [0, 0.1) is 6.92 Å². The molecule has 1 aromatic carbocycles. The standard InChI is InChI=1S/C19H32N4O6S2/c1-7-22-10-8-9-15(22)13-20-19(24)16-12-17(14(2)11-18(16)29-5)23(30(6,25)26)31(27,28)21(3)4/h11-12,15H,7-10,13H2,1-6H3,(H,20,24). The minimum Gasteiger partial charge on any atom is -0.496 e. The molecule has 31 heavy (non-hydrogen) atoms. The zero-order valence-electron chi connectivity index (χ0n) is 18.9. The van der Waals surface area contributed by atoms with E-state index in [4.69, 9.17) is 4.74 Å². The van der Waals surface area contributed by atoms with Gasteiger partial charge in [0.15, 0.2) is 0 Å². The number of aryl methyl sites for hydroxylation is 1. The van der Waals surface area contributed by atoms with Crippen molar-refractivity contribution in [2.75, 3.05) is 50.8 Å². The first-order valence-electron chi connectivity index (χ1n) is 9.98. The summed E-state index contributed by atoms with van der Waals surface area (Å²) >= 11 is 0. The SMILES string of the molecule is CCN1CCCC1CNC(=O)c1cc(N(S(C)(=O)=O)S(=O)(=O)N(C)C)c(C)cc1OC. The summed E-state index contributed by atoms with van der Waals surface area (Å²) in [7, 11) is -4.72. The van der Waals surface area contributed by atoms with Gasteiger partial charge in [0, 0.05) is 26.7 Å². The first-order valence-corrected chi connectivity index (χ1v) is 13.2. The van der Waals surface area contributed by atoms with Crippen LogP contribution in [-0.4, -0.2) is 85.1 Å². The molecular formula is C19H32N4O6S2. The first kappa shape index (κ1) is 25.4. The van der Waals surface area contributed by atoms with E-state index in [1.807, 2.05) is 0 Å². The van der Waals surface area contributed by atoms with E-state index in [0.29, 0.717) is 15.8 Å². The summed E-state index contributed by atoms with van der Waals surface area (Å²) in [4.78, 5) is 15.2. The van der Waals surface area contributed by atoms with Crippen LogP contribution in [0.4, 0.5) is 5.69 Å². The summed E-state index contributed by atoms with van der Waals surface area (Å²) in [5.74, 6) is -0.232. The van der Waals surface area contributed by atoms with Crippen LogP contribution < -0.4 is 13.8 Å². The minimum atomic E-state index is -4.37. The van der Waals surface area contributed by atoms with Crippen molar-refractivity contribution in [3.05, 3.63) is 23.3 Å². The Morgan fingerprint density at radius 3 is 2.42 bits per heavy atom. The van der Waals surface area contributed by atoms with Crippen LogP contribution in [0.25, 0.3) is 0 Å². The van der Waals surface area contributed by atoms with Gasteiger partial charge in [0.05, 0.1) is 24.6 Å². The fourth-order valence-electron chi connectivity index (χ4n) is 3.68. The number of methoxy groups -OCH3 is 1. The molecule has 1 unspecified atom stereocenters. The summed E-state index contributed by atoms with van der Waals surface area (Å²) in [6, 6.07) is 2.94. The quantitative estimate of drug-likeness (QED) is 0.560. The predicted octanol–water partition coefficient (Wildman–Crippen LogP) is 0.790. The van der Waals surface area contributed by atoms with Crippen LogP contribution >= 0.6 is 0 Å². The molecule has 0 spiro atoms. The molecule has 1 atom stereocenters. The summed E-state index contributed by atoms with van der Waals surface area (Å²) in [6.45, 7) is 5.94. The Morgan fingerprint density at radius 1 is 1.26 bits per heavy atom. The number of ether oxygens (including phenoxy) is 1. The summed E-state index contributed by atoms with van der Waals surface area (Å²) in [6.07, 6.45) is 2.85. The van der Waals surface area contributed by atoms with E-state index < -0.39 is 26.1 Å². The molecule has 1 aliphatic heterocycles. The molecule has 0 aliphatic carbocycles. The molecule has 1 amide bonds. The lowest BCUT2D eigenvalue weighted by Crippen LogP contribution is -2.44. The highest BCUT2D eigenvalue weighted by Gasteiger charge is 2.35. The van der Waals surface area contributed by atoms with Gasteiger partial charge in [0.2, 0.25) is 10.0 Å². The molecule has 12 heteroatoms. The molecule has 1 heterocycles. The van der Waals surface area contributed by atoms with Crippen LogP contribution in [0.5, 0.6) is 5.75 Å². The van der Waals surface area contributed by atoms with Crippen molar-refractivity contribution >= 4 is 31.8 Å². The highest BCUT2D eigenvalue weighted by Crippen LogP contribution is 2.33.